The molecule has 0 aromatic heterocycles. The molecule has 0 aliphatic heterocycles. The van der Waals surface area contributed by atoms with Crippen LogP contribution in [0.4, 0.5) is 0 Å². The molecule has 94 valence electrons. The second-order valence-corrected chi connectivity index (χ2v) is 5.56. The Morgan fingerprint density at radius 2 is 1.94 bits per heavy atom. The number of thioether (sulfide) groups is 1. The minimum Gasteiger partial charge on any atom is -0.466 e. The van der Waals surface area contributed by atoms with Crippen molar-refractivity contribution in [3.05, 3.63) is 0 Å². The average Bonchev–Trinajstić information content (AvgIpc) is 2.24. The van der Waals surface area contributed by atoms with E-state index in [1.54, 1.807) is 18.7 Å². The molecule has 0 heterocycles. The molecule has 4 nitrogen and oxygen atoms in total. The van der Waals surface area contributed by atoms with Crippen LogP contribution in [-0.2, 0) is 14.3 Å². The number of esters is 1. The molecule has 0 bridgehead atoms. The summed E-state index contributed by atoms with van der Waals surface area (Å²) < 4.78 is 4.76. The number of hydrogen-bond acceptors (Lipinski definition) is 4. The third-order valence-electron chi connectivity index (χ3n) is 2.13. The molecule has 5 heteroatoms. The Bertz CT molecular complexity index is 241. The first-order valence-electron chi connectivity index (χ1n) is 5.38. The highest BCUT2D eigenvalue weighted by Crippen LogP contribution is 2.19. The maximum Gasteiger partial charge on any atom is 0.306 e. The zero-order chi connectivity index (χ0) is 12.6. The lowest BCUT2D eigenvalue weighted by Gasteiger charge is -2.22. The van der Waals surface area contributed by atoms with Crippen LogP contribution in [0.2, 0.25) is 0 Å². The molecule has 0 aromatic rings. The summed E-state index contributed by atoms with van der Waals surface area (Å²) in [5.74, 6) is -0.419. The fraction of sp³-hybridized carbons (Fsp3) is 0.818. The lowest BCUT2D eigenvalue weighted by molar-refractivity contribution is -0.144. The molecule has 1 amide bonds. The predicted octanol–water partition coefficient (Wildman–Crippen LogP) is 1.59. The topological polar surface area (TPSA) is 55.4 Å². The average molecular weight is 247 g/mol. The molecule has 0 radical (unpaired) electrons. The van der Waals surface area contributed by atoms with Gasteiger partial charge in [-0.2, -0.15) is 11.8 Å². The summed E-state index contributed by atoms with van der Waals surface area (Å²) in [6.45, 7) is 6.83. The van der Waals surface area contributed by atoms with Crippen LogP contribution in [-0.4, -0.2) is 36.0 Å². The Hall–Kier alpha value is -0.710. The molecule has 0 aliphatic carbocycles. The van der Waals surface area contributed by atoms with Crippen molar-refractivity contribution in [2.75, 3.05) is 19.4 Å². The van der Waals surface area contributed by atoms with Crippen LogP contribution in [0.5, 0.6) is 0 Å². The molecule has 0 fully saturated rings. The Morgan fingerprint density at radius 1 is 1.31 bits per heavy atom. The lowest BCUT2D eigenvalue weighted by atomic mass is 10.2. The van der Waals surface area contributed by atoms with Crippen molar-refractivity contribution in [1.82, 2.24) is 5.32 Å². The molecule has 0 aliphatic rings. The third-order valence-corrected chi connectivity index (χ3v) is 3.37. The van der Waals surface area contributed by atoms with Gasteiger partial charge in [-0.15, -0.1) is 0 Å². The van der Waals surface area contributed by atoms with Crippen LogP contribution >= 0.6 is 11.8 Å². The number of ether oxygens (including phenoxy) is 1. The quantitative estimate of drug-likeness (QED) is 0.694. The maximum atomic E-state index is 11.4. The van der Waals surface area contributed by atoms with Gasteiger partial charge in [-0.3, -0.25) is 9.59 Å². The van der Waals surface area contributed by atoms with Gasteiger partial charge in [-0.05, 0) is 27.0 Å². The molecule has 0 saturated carbocycles. The number of nitrogens with one attached hydrogen (secondary N) is 1. The molecule has 16 heavy (non-hydrogen) atoms. The van der Waals surface area contributed by atoms with E-state index in [9.17, 15) is 9.59 Å². The zero-order valence-electron chi connectivity index (χ0n) is 10.5. The number of carbonyl (C=O) groups excluding carboxylic acids is 2. The molecule has 0 aromatic carbocycles. The number of hydrogen-bond donors (Lipinski definition) is 1. The Labute approximate surface area is 101 Å². The van der Waals surface area contributed by atoms with Gasteiger partial charge in [-0.25, -0.2) is 0 Å². The Balaban J connectivity index is 3.71. The first-order valence-corrected chi connectivity index (χ1v) is 6.61. The molecular formula is C11H21NO3S. The molecule has 0 spiro atoms. The van der Waals surface area contributed by atoms with Gasteiger partial charge in [0.1, 0.15) is 0 Å². The van der Waals surface area contributed by atoms with E-state index >= 15 is 0 Å². The Morgan fingerprint density at radius 3 is 2.44 bits per heavy atom. The van der Waals surface area contributed by atoms with E-state index in [1.165, 1.54) is 0 Å². The van der Waals surface area contributed by atoms with Crippen molar-refractivity contribution < 1.29 is 14.3 Å². The summed E-state index contributed by atoms with van der Waals surface area (Å²) >= 11 is 1.70. The van der Waals surface area contributed by atoms with Crippen molar-refractivity contribution in [3.63, 3.8) is 0 Å². The standard InChI is InChI=1S/C11H21NO3S/c1-5-15-10(14)7-6-9(13)12-8-11(2,3)16-4/h5-8H2,1-4H3,(H,12,13). The van der Waals surface area contributed by atoms with E-state index in [0.29, 0.717) is 13.2 Å². The van der Waals surface area contributed by atoms with Crippen molar-refractivity contribution in [2.45, 2.75) is 38.4 Å². The summed E-state index contributed by atoms with van der Waals surface area (Å²) in [5.41, 5.74) is 0. The fourth-order valence-corrected chi connectivity index (χ4v) is 1.14. The van der Waals surface area contributed by atoms with Gasteiger partial charge in [0.15, 0.2) is 0 Å². The minimum atomic E-state index is -0.318. The number of carbonyl (C=O) groups is 2. The number of rotatable bonds is 7. The molecule has 0 unspecified atom stereocenters. The SMILES string of the molecule is CCOC(=O)CCC(=O)NCC(C)(C)SC. The molecule has 0 saturated heterocycles. The highest BCUT2D eigenvalue weighted by Gasteiger charge is 2.17. The normalized spacial score (nSPS) is 11.0. The van der Waals surface area contributed by atoms with Crippen LogP contribution in [0.15, 0.2) is 0 Å². The van der Waals surface area contributed by atoms with Gasteiger partial charge >= 0.3 is 5.97 Å². The first kappa shape index (κ1) is 15.3. The third kappa shape index (κ3) is 7.56. The highest BCUT2D eigenvalue weighted by atomic mass is 32.2. The van der Waals surface area contributed by atoms with Crippen LogP contribution < -0.4 is 5.32 Å². The monoisotopic (exact) mass is 247 g/mol. The molecule has 0 atom stereocenters. The highest BCUT2D eigenvalue weighted by molar-refractivity contribution is 7.99. The summed E-state index contributed by atoms with van der Waals surface area (Å²) in [6.07, 6.45) is 2.35. The van der Waals surface area contributed by atoms with Crippen molar-refractivity contribution >= 4 is 23.6 Å². The largest absolute Gasteiger partial charge is 0.466 e. The number of amides is 1. The minimum absolute atomic E-state index is 0.0274. The van der Waals surface area contributed by atoms with E-state index < -0.39 is 0 Å². The van der Waals surface area contributed by atoms with Gasteiger partial charge in [0.05, 0.1) is 13.0 Å². The van der Waals surface area contributed by atoms with Gasteiger partial charge in [0.25, 0.3) is 0 Å². The summed E-state index contributed by atoms with van der Waals surface area (Å²) in [6, 6.07) is 0. The first-order chi connectivity index (χ1) is 7.41. The predicted molar refractivity (Wildman–Crippen MR) is 66.5 cm³/mol. The van der Waals surface area contributed by atoms with Gasteiger partial charge in [-0.1, -0.05) is 0 Å². The van der Waals surface area contributed by atoms with Gasteiger partial charge < -0.3 is 10.1 Å². The second kappa shape index (κ2) is 7.54. The summed E-state index contributed by atoms with van der Waals surface area (Å²) in [7, 11) is 0. The molecule has 0 rings (SSSR count). The summed E-state index contributed by atoms with van der Waals surface area (Å²) in [4.78, 5) is 22.4. The second-order valence-electron chi connectivity index (χ2n) is 4.05. The van der Waals surface area contributed by atoms with Gasteiger partial charge in [0, 0.05) is 17.7 Å². The van der Waals surface area contributed by atoms with E-state index in [2.05, 4.69) is 19.2 Å². The van der Waals surface area contributed by atoms with Crippen molar-refractivity contribution in [2.24, 2.45) is 0 Å². The van der Waals surface area contributed by atoms with E-state index in [1.807, 2.05) is 6.26 Å². The van der Waals surface area contributed by atoms with E-state index in [4.69, 9.17) is 4.74 Å². The zero-order valence-corrected chi connectivity index (χ0v) is 11.3. The maximum absolute atomic E-state index is 11.4. The Kier molecular flexibility index (Phi) is 7.21. The lowest BCUT2D eigenvalue weighted by Crippen LogP contribution is -2.36. The fourth-order valence-electron chi connectivity index (χ4n) is 0.921. The van der Waals surface area contributed by atoms with E-state index in [-0.39, 0.29) is 29.5 Å². The molecular weight excluding hydrogens is 226 g/mol. The van der Waals surface area contributed by atoms with Gasteiger partial charge in [0.2, 0.25) is 5.91 Å². The van der Waals surface area contributed by atoms with Crippen LogP contribution in [0.25, 0.3) is 0 Å². The smallest absolute Gasteiger partial charge is 0.306 e. The van der Waals surface area contributed by atoms with Crippen LogP contribution in [0.1, 0.15) is 33.6 Å². The van der Waals surface area contributed by atoms with Crippen molar-refractivity contribution in [3.8, 4) is 0 Å². The van der Waals surface area contributed by atoms with Crippen LogP contribution in [0.3, 0.4) is 0 Å². The van der Waals surface area contributed by atoms with E-state index in [0.717, 1.165) is 0 Å². The van der Waals surface area contributed by atoms with Crippen molar-refractivity contribution in [1.29, 1.82) is 0 Å². The molecule has 1 N–H and O–H groups in total. The summed E-state index contributed by atoms with van der Waals surface area (Å²) in [5, 5.41) is 2.80. The van der Waals surface area contributed by atoms with Crippen LogP contribution in [0, 0.1) is 0 Å².